The van der Waals surface area contributed by atoms with Crippen molar-refractivity contribution in [2.75, 3.05) is 4.72 Å². The Balaban J connectivity index is 2.37. The van der Waals surface area contributed by atoms with Crippen LogP contribution in [-0.2, 0) is 10.0 Å². The van der Waals surface area contributed by atoms with Crippen molar-refractivity contribution in [3.63, 3.8) is 0 Å². The van der Waals surface area contributed by atoms with E-state index in [1.165, 1.54) is 18.3 Å². The highest BCUT2D eigenvalue weighted by molar-refractivity contribution is 7.92. The molecule has 3 N–H and O–H groups in total. The molecule has 0 atom stereocenters. The molecule has 0 saturated carbocycles. The molecule has 6 nitrogen and oxygen atoms in total. The minimum absolute atomic E-state index is 0.0570. The van der Waals surface area contributed by atoms with Crippen LogP contribution in [0.1, 0.15) is 5.56 Å². The topological polar surface area (TPSA) is 95.1 Å². The number of aromatic amines is 1. The fourth-order valence-electron chi connectivity index (χ4n) is 1.33. The number of sulfonamides is 1. The molecule has 0 radical (unpaired) electrons. The normalized spacial score (nSPS) is 11.4. The number of phenolic OH excluding ortho intramolecular Hbond substituents is 1. The molecule has 0 saturated heterocycles. The van der Waals surface area contributed by atoms with Gasteiger partial charge in [-0.2, -0.15) is 13.5 Å². The van der Waals surface area contributed by atoms with E-state index < -0.39 is 10.0 Å². The molecular formula is C10H11N3O3S. The van der Waals surface area contributed by atoms with Crippen LogP contribution in [0.25, 0.3) is 0 Å². The maximum Gasteiger partial charge on any atom is 0.278 e. The molecule has 2 aromatic rings. The number of aryl methyl sites for hydroxylation is 1. The molecule has 2 rings (SSSR count). The van der Waals surface area contributed by atoms with Crippen molar-refractivity contribution in [2.45, 2.75) is 11.9 Å². The fourth-order valence-corrected chi connectivity index (χ4v) is 2.31. The molecule has 0 bridgehead atoms. The number of phenols is 1. The molecule has 7 heteroatoms. The minimum atomic E-state index is -3.74. The van der Waals surface area contributed by atoms with Gasteiger partial charge in [-0.05, 0) is 24.6 Å². The number of rotatable bonds is 3. The van der Waals surface area contributed by atoms with Gasteiger partial charge in [-0.3, -0.25) is 9.82 Å². The van der Waals surface area contributed by atoms with E-state index in [1.807, 2.05) is 0 Å². The Kier molecular flexibility index (Phi) is 2.76. The number of aromatic nitrogens is 2. The number of anilines is 1. The number of H-pyrrole nitrogens is 1. The third-order valence-electron chi connectivity index (χ3n) is 2.25. The van der Waals surface area contributed by atoms with Crippen molar-refractivity contribution in [3.05, 3.63) is 36.0 Å². The zero-order valence-corrected chi connectivity index (χ0v) is 9.82. The van der Waals surface area contributed by atoms with E-state index in [4.69, 9.17) is 0 Å². The van der Waals surface area contributed by atoms with Gasteiger partial charge in [0.1, 0.15) is 5.75 Å². The summed E-state index contributed by atoms with van der Waals surface area (Å²) in [4.78, 5) is 0. The SMILES string of the molecule is Cc1cccc(NS(=O)(=O)c2ccn[nH]2)c1O. The molecule has 0 aliphatic rings. The summed E-state index contributed by atoms with van der Waals surface area (Å²) in [5, 5.41) is 15.6. The second-order valence-corrected chi connectivity index (χ2v) is 5.15. The first-order chi connectivity index (χ1) is 8.00. The Morgan fingerprint density at radius 2 is 2.12 bits per heavy atom. The molecule has 0 amide bonds. The molecular weight excluding hydrogens is 242 g/mol. The van der Waals surface area contributed by atoms with Crippen LogP contribution in [0.5, 0.6) is 5.75 Å². The predicted molar refractivity (Wildman–Crippen MR) is 62.2 cm³/mol. The Morgan fingerprint density at radius 1 is 1.35 bits per heavy atom. The predicted octanol–water partition coefficient (Wildman–Crippen LogP) is 1.22. The van der Waals surface area contributed by atoms with Gasteiger partial charge in [-0.25, -0.2) is 0 Å². The van der Waals surface area contributed by atoms with Crippen LogP contribution in [0, 0.1) is 6.92 Å². The summed E-state index contributed by atoms with van der Waals surface area (Å²) >= 11 is 0. The highest BCUT2D eigenvalue weighted by Crippen LogP contribution is 2.28. The van der Waals surface area contributed by atoms with E-state index in [-0.39, 0.29) is 16.5 Å². The smallest absolute Gasteiger partial charge is 0.278 e. The van der Waals surface area contributed by atoms with Crippen LogP contribution in [0.4, 0.5) is 5.69 Å². The number of nitrogens with one attached hydrogen (secondary N) is 2. The van der Waals surface area contributed by atoms with Crippen molar-refractivity contribution in [1.29, 1.82) is 0 Å². The van der Waals surface area contributed by atoms with Gasteiger partial charge in [-0.15, -0.1) is 0 Å². The van der Waals surface area contributed by atoms with Gasteiger partial charge in [-0.1, -0.05) is 12.1 Å². The summed E-state index contributed by atoms with van der Waals surface area (Å²) in [6, 6.07) is 6.15. The lowest BCUT2D eigenvalue weighted by molar-refractivity contribution is 0.473. The van der Waals surface area contributed by atoms with Crippen LogP contribution in [0.15, 0.2) is 35.5 Å². The number of benzene rings is 1. The molecule has 0 aliphatic carbocycles. The monoisotopic (exact) mass is 253 g/mol. The third-order valence-corrected chi connectivity index (χ3v) is 3.54. The van der Waals surface area contributed by atoms with Crippen molar-refractivity contribution in [2.24, 2.45) is 0 Å². The molecule has 0 unspecified atom stereocenters. The number of nitrogens with zero attached hydrogens (tertiary/aromatic N) is 1. The van der Waals surface area contributed by atoms with Crippen LogP contribution < -0.4 is 4.72 Å². The molecule has 0 spiro atoms. The van der Waals surface area contributed by atoms with Crippen LogP contribution in [-0.4, -0.2) is 23.7 Å². The summed E-state index contributed by atoms with van der Waals surface area (Å²) in [6.45, 7) is 1.68. The first kappa shape index (κ1) is 11.5. The van der Waals surface area contributed by atoms with Crippen molar-refractivity contribution >= 4 is 15.7 Å². The molecule has 0 aliphatic heterocycles. The largest absolute Gasteiger partial charge is 0.505 e. The van der Waals surface area contributed by atoms with Gasteiger partial charge >= 0.3 is 0 Å². The van der Waals surface area contributed by atoms with E-state index in [9.17, 15) is 13.5 Å². The zero-order valence-electron chi connectivity index (χ0n) is 9.01. The summed E-state index contributed by atoms with van der Waals surface area (Å²) in [6.07, 6.45) is 1.34. The molecule has 1 aromatic heterocycles. The van der Waals surface area contributed by atoms with Gasteiger partial charge in [0.05, 0.1) is 11.9 Å². The average Bonchev–Trinajstić information content (AvgIpc) is 2.78. The van der Waals surface area contributed by atoms with Gasteiger partial charge in [0.25, 0.3) is 10.0 Å². The fraction of sp³-hybridized carbons (Fsp3) is 0.100. The second-order valence-electron chi connectivity index (χ2n) is 3.50. The van der Waals surface area contributed by atoms with Crippen molar-refractivity contribution < 1.29 is 13.5 Å². The van der Waals surface area contributed by atoms with Gasteiger partial charge < -0.3 is 5.11 Å². The van der Waals surface area contributed by atoms with E-state index in [2.05, 4.69) is 14.9 Å². The quantitative estimate of drug-likeness (QED) is 0.717. The maximum atomic E-state index is 11.8. The lowest BCUT2D eigenvalue weighted by Crippen LogP contribution is -2.13. The third kappa shape index (κ3) is 2.23. The highest BCUT2D eigenvalue weighted by Gasteiger charge is 2.17. The zero-order chi connectivity index (χ0) is 12.5. The van der Waals surface area contributed by atoms with Crippen molar-refractivity contribution in [3.8, 4) is 5.75 Å². The standard InChI is InChI=1S/C10H11N3O3S/c1-7-3-2-4-8(10(7)14)13-17(15,16)9-5-6-11-12-9/h2-6,13-14H,1H3,(H,11,12). The molecule has 1 heterocycles. The summed E-state index contributed by atoms with van der Waals surface area (Å²) in [5.41, 5.74) is 0.731. The maximum absolute atomic E-state index is 11.8. The summed E-state index contributed by atoms with van der Waals surface area (Å²) < 4.78 is 25.9. The van der Waals surface area contributed by atoms with Crippen LogP contribution in [0.2, 0.25) is 0 Å². The molecule has 1 aromatic carbocycles. The minimum Gasteiger partial charge on any atom is -0.505 e. The molecule has 0 fully saturated rings. The van der Waals surface area contributed by atoms with Gasteiger partial charge in [0.2, 0.25) is 0 Å². The average molecular weight is 253 g/mol. The number of hydrogen-bond acceptors (Lipinski definition) is 4. The Morgan fingerprint density at radius 3 is 2.76 bits per heavy atom. The Labute approximate surface area is 98.4 Å². The number of aromatic hydroxyl groups is 1. The second kappa shape index (κ2) is 4.10. The Bertz CT molecular complexity index is 620. The number of hydrogen-bond donors (Lipinski definition) is 3. The number of para-hydroxylation sites is 1. The van der Waals surface area contributed by atoms with Crippen LogP contribution in [0.3, 0.4) is 0 Å². The first-order valence-corrected chi connectivity index (χ1v) is 6.30. The van der Waals surface area contributed by atoms with E-state index in [0.29, 0.717) is 5.56 Å². The van der Waals surface area contributed by atoms with E-state index in [0.717, 1.165) is 0 Å². The summed E-state index contributed by atoms with van der Waals surface area (Å²) in [5.74, 6) is -0.0874. The Hall–Kier alpha value is -2.02. The van der Waals surface area contributed by atoms with E-state index in [1.54, 1.807) is 19.1 Å². The highest BCUT2D eigenvalue weighted by atomic mass is 32.2. The van der Waals surface area contributed by atoms with Crippen LogP contribution >= 0.6 is 0 Å². The lowest BCUT2D eigenvalue weighted by Gasteiger charge is -2.09. The van der Waals surface area contributed by atoms with E-state index >= 15 is 0 Å². The molecule has 17 heavy (non-hydrogen) atoms. The summed E-state index contributed by atoms with van der Waals surface area (Å²) in [7, 11) is -3.74. The first-order valence-electron chi connectivity index (χ1n) is 4.81. The van der Waals surface area contributed by atoms with Gasteiger partial charge in [0.15, 0.2) is 5.03 Å². The molecule has 90 valence electrons. The van der Waals surface area contributed by atoms with Crippen molar-refractivity contribution in [1.82, 2.24) is 10.2 Å². The lowest BCUT2D eigenvalue weighted by atomic mass is 10.2. The van der Waals surface area contributed by atoms with Gasteiger partial charge in [0, 0.05) is 0 Å².